The summed E-state index contributed by atoms with van der Waals surface area (Å²) in [6.45, 7) is 2.05. The number of hydrogen-bond donors (Lipinski definition) is 0. The minimum absolute atomic E-state index is 0.160. The minimum Gasteiger partial charge on any atom is -0.302 e. The molecule has 0 saturated heterocycles. The van der Waals surface area contributed by atoms with Gasteiger partial charge >= 0.3 is 0 Å². The van der Waals surface area contributed by atoms with Crippen LogP contribution < -0.4 is 0 Å². The maximum atomic E-state index is 10.5. The predicted octanol–water partition coefficient (Wildman–Crippen LogP) is 1.06. The van der Waals surface area contributed by atoms with Crippen LogP contribution in [0.25, 0.3) is 0 Å². The Morgan fingerprint density at radius 3 is 2.60 bits per heavy atom. The van der Waals surface area contributed by atoms with Gasteiger partial charge in [-0.3, -0.25) is 4.90 Å². The summed E-state index contributed by atoms with van der Waals surface area (Å²) in [7, 11) is 2.04. The molecule has 0 bridgehead atoms. The van der Waals surface area contributed by atoms with E-state index in [0.29, 0.717) is 6.04 Å². The molecule has 0 heterocycles. The highest BCUT2D eigenvalue weighted by molar-refractivity contribution is 5.57. The molecule has 1 aliphatic rings. The minimum atomic E-state index is 0.160. The van der Waals surface area contributed by atoms with Crippen molar-refractivity contribution in [2.24, 2.45) is 0 Å². The molecule has 0 aliphatic heterocycles. The fourth-order valence-electron chi connectivity index (χ4n) is 1.23. The SMILES string of the molecule is CCC(C=O)N(C)C1CC1. The molecule has 10 heavy (non-hydrogen) atoms. The van der Waals surface area contributed by atoms with Crippen molar-refractivity contribution in [3.8, 4) is 0 Å². The van der Waals surface area contributed by atoms with Gasteiger partial charge in [0.05, 0.1) is 6.04 Å². The second-order valence-corrected chi connectivity index (χ2v) is 3.01. The van der Waals surface area contributed by atoms with Gasteiger partial charge in [0.25, 0.3) is 0 Å². The molecule has 0 N–H and O–H groups in total. The Labute approximate surface area is 62.2 Å². The molecule has 0 aromatic heterocycles. The molecule has 1 rings (SSSR count). The average Bonchev–Trinajstić information content (AvgIpc) is 2.71. The molecule has 1 saturated carbocycles. The van der Waals surface area contributed by atoms with E-state index in [-0.39, 0.29) is 6.04 Å². The van der Waals surface area contributed by atoms with Crippen LogP contribution in [-0.4, -0.2) is 30.3 Å². The van der Waals surface area contributed by atoms with Gasteiger partial charge in [-0.2, -0.15) is 0 Å². The number of nitrogens with zero attached hydrogens (tertiary/aromatic N) is 1. The van der Waals surface area contributed by atoms with Crippen molar-refractivity contribution in [3.05, 3.63) is 0 Å². The number of likely N-dealkylation sites (N-methyl/N-ethyl adjacent to an activating group) is 1. The highest BCUT2D eigenvalue weighted by Gasteiger charge is 2.29. The fourth-order valence-corrected chi connectivity index (χ4v) is 1.23. The summed E-state index contributed by atoms with van der Waals surface area (Å²) in [5.74, 6) is 0. The van der Waals surface area contributed by atoms with Crippen molar-refractivity contribution in [1.29, 1.82) is 0 Å². The number of rotatable bonds is 4. The van der Waals surface area contributed by atoms with E-state index in [1.54, 1.807) is 0 Å². The maximum Gasteiger partial charge on any atom is 0.137 e. The summed E-state index contributed by atoms with van der Waals surface area (Å²) < 4.78 is 0. The third kappa shape index (κ3) is 1.57. The number of carbonyl (C=O) groups is 1. The molecule has 0 spiro atoms. The fraction of sp³-hybridized carbons (Fsp3) is 0.875. The summed E-state index contributed by atoms with van der Waals surface area (Å²) in [6, 6.07) is 0.864. The van der Waals surface area contributed by atoms with Gasteiger partial charge in [-0.05, 0) is 26.3 Å². The average molecular weight is 141 g/mol. The van der Waals surface area contributed by atoms with Gasteiger partial charge in [0.15, 0.2) is 0 Å². The molecular formula is C8H15NO. The molecule has 0 amide bonds. The van der Waals surface area contributed by atoms with Crippen LogP contribution in [0.15, 0.2) is 0 Å². The third-order valence-electron chi connectivity index (χ3n) is 2.22. The van der Waals surface area contributed by atoms with Crippen LogP contribution in [0, 0.1) is 0 Å². The van der Waals surface area contributed by atoms with Crippen LogP contribution in [-0.2, 0) is 4.79 Å². The monoisotopic (exact) mass is 141 g/mol. The van der Waals surface area contributed by atoms with E-state index in [1.165, 1.54) is 12.8 Å². The van der Waals surface area contributed by atoms with E-state index in [1.807, 2.05) is 7.05 Å². The van der Waals surface area contributed by atoms with E-state index in [0.717, 1.165) is 12.7 Å². The number of hydrogen-bond acceptors (Lipinski definition) is 2. The van der Waals surface area contributed by atoms with Crippen molar-refractivity contribution in [3.63, 3.8) is 0 Å². The van der Waals surface area contributed by atoms with Crippen LogP contribution in [0.2, 0.25) is 0 Å². The van der Waals surface area contributed by atoms with Crippen molar-refractivity contribution in [1.82, 2.24) is 4.90 Å². The van der Waals surface area contributed by atoms with Crippen LogP contribution >= 0.6 is 0 Å². The molecule has 58 valence electrons. The van der Waals surface area contributed by atoms with Gasteiger partial charge in [0, 0.05) is 6.04 Å². The van der Waals surface area contributed by atoms with Gasteiger partial charge in [0.2, 0.25) is 0 Å². The molecule has 0 aromatic rings. The van der Waals surface area contributed by atoms with Gasteiger partial charge in [-0.1, -0.05) is 6.92 Å². The third-order valence-corrected chi connectivity index (χ3v) is 2.22. The Kier molecular flexibility index (Phi) is 2.44. The lowest BCUT2D eigenvalue weighted by Gasteiger charge is -2.21. The first kappa shape index (κ1) is 7.73. The lowest BCUT2D eigenvalue weighted by molar-refractivity contribution is -0.112. The van der Waals surface area contributed by atoms with E-state index >= 15 is 0 Å². The molecule has 1 unspecified atom stereocenters. The zero-order valence-electron chi connectivity index (χ0n) is 6.71. The highest BCUT2D eigenvalue weighted by atomic mass is 16.1. The Morgan fingerprint density at radius 2 is 2.30 bits per heavy atom. The molecule has 1 aliphatic carbocycles. The van der Waals surface area contributed by atoms with E-state index in [9.17, 15) is 4.79 Å². The van der Waals surface area contributed by atoms with Crippen LogP contribution in [0.4, 0.5) is 0 Å². The second-order valence-electron chi connectivity index (χ2n) is 3.01. The van der Waals surface area contributed by atoms with Crippen LogP contribution in [0.1, 0.15) is 26.2 Å². The smallest absolute Gasteiger partial charge is 0.137 e. The van der Waals surface area contributed by atoms with E-state index in [2.05, 4.69) is 11.8 Å². The first-order valence-corrected chi connectivity index (χ1v) is 3.96. The van der Waals surface area contributed by atoms with Crippen molar-refractivity contribution in [2.45, 2.75) is 38.3 Å². The van der Waals surface area contributed by atoms with E-state index < -0.39 is 0 Å². The van der Waals surface area contributed by atoms with Crippen molar-refractivity contribution < 1.29 is 4.79 Å². The largest absolute Gasteiger partial charge is 0.302 e. The quantitative estimate of drug-likeness (QED) is 0.545. The lowest BCUT2D eigenvalue weighted by Crippen LogP contribution is -2.34. The zero-order valence-corrected chi connectivity index (χ0v) is 6.71. The summed E-state index contributed by atoms with van der Waals surface area (Å²) in [5.41, 5.74) is 0. The van der Waals surface area contributed by atoms with Crippen LogP contribution in [0.3, 0.4) is 0 Å². The number of aldehydes is 1. The van der Waals surface area contributed by atoms with Gasteiger partial charge in [-0.15, -0.1) is 0 Å². The first-order valence-electron chi connectivity index (χ1n) is 3.96. The summed E-state index contributed by atoms with van der Waals surface area (Å²) in [5, 5.41) is 0. The summed E-state index contributed by atoms with van der Waals surface area (Å²) >= 11 is 0. The summed E-state index contributed by atoms with van der Waals surface area (Å²) in [6.07, 6.45) is 4.55. The van der Waals surface area contributed by atoms with Gasteiger partial charge in [-0.25, -0.2) is 0 Å². The standard InChI is InChI=1S/C8H15NO/c1-3-7(6-10)9(2)8-4-5-8/h6-8H,3-5H2,1-2H3. The Bertz CT molecular complexity index is 120. The topological polar surface area (TPSA) is 20.3 Å². The normalized spacial score (nSPS) is 21.1. The molecule has 2 heteroatoms. The number of carbonyl (C=O) groups excluding carboxylic acids is 1. The van der Waals surface area contributed by atoms with Gasteiger partial charge in [0.1, 0.15) is 6.29 Å². The second kappa shape index (κ2) is 3.15. The molecule has 1 fully saturated rings. The molecule has 2 nitrogen and oxygen atoms in total. The molecule has 0 radical (unpaired) electrons. The Hall–Kier alpha value is -0.370. The zero-order chi connectivity index (χ0) is 7.56. The van der Waals surface area contributed by atoms with Crippen LogP contribution in [0.5, 0.6) is 0 Å². The van der Waals surface area contributed by atoms with Gasteiger partial charge < -0.3 is 4.79 Å². The predicted molar refractivity (Wildman–Crippen MR) is 40.9 cm³/mol. The Balaban J connectivity index is 2.34. The van der Waals surface area contributed by atoms with Crippen molar-refractivity contribution >= 4 is 6.29 Å². The first-order chi connectivity index (χ1) is 4.79. The molecule has 1 atom stereocenters. The Morgan fingerprint density at radius 1 is 1.70 bits per heavy atom. The summed E-state index contributed by atoms with van der Waals surface area (Å²) in [4.78, 5) is 12.7. The highest BCUT2D eigenvalue weighted by Crippen LogP contribution is 2.27. The lowest BCUT2D eigenvalue weighted by atomic mass is 10.2. The molecular weight excluding hydrogens is 126 g/mol. The van der Waals surface area contributed by atoms with E-state index in [4.69, 9.17) is 0 Å². The van der Waals surface area contributed by atoms with Crippen molar-refractivity contribution in [2.75, 3.05) is 7.05 Å². The molecule has 0 aromatic carbocycles. The maximum absolute atomic E-state index is 10.5.